The number of rotatable bonds is 3. The van der Waals surface area contributed by atoms with Crippen LogP contribution in [0.3, 0.4) is 0 Å². The van der Waals surface area contributed by atoms with E-state index in [-0.39, 0.29) is 17.3 Å². The molecule has 0 amide bonds. The third-order valence-electron chi connectivity index (χ3n) is 2.05. The number of aromatic nitrogens is 3. The lowest BCUT2D eigenvalue weighted by Gasteiger charge is -2.23. The molecule has 0 aliphatic carbocycles. The van der Waals surface area contributed by atoms with Crippen molar-refractivity contribution in [1.29, 1.82) is 0 Å². The Bertz CT molecular complexity index is 286. The topological polar surface area (TPSA) is 93.6 Å². The number of hydrogen-bond acceptors (Lipinski definition) is 4. The zero-order chi connectivity index (χ0) is 10.8. The Hall–Kier alpha value is -1.10. The molecule has 5 heteroatoms. The molecule has 80 valence electrons. The third kappa shape index (κ3) is 2.99. The van der Waals surface area contributed by atoms with Crippen molar-refractivity contribution in [3.63, 3.8) is 0 Å². The summed E-state index contributed by atoms with van der Waals surface area (Å²) in [5.41, 5.74) is 11.4. The highest BCUT2D eigenvalue weighted by atomic mass is 15.3. The van der Waals surface area contributed by atoms with E-state index in [1.54, 1.807) is 0 Å². The molecule has 0 fully saturated rings. The van der Waals surface area contributed by atoms with Crippen LogP contribution in [0, 0.1) is 5.41 Å². The predicted octanol–water partition coefficient (Wildman–Crippen LogP) is 0.865. The SMILES string of the molecule is CC(C)(C)CC(CN)c1nc(N)n[nH]1. The number of hydrogen-bond donors (Lipinski definition) is 3. The quantitative estimate of drug-likeness (QED) is 0.670. The molecule has 1 aromatic heterocycles. The molecular weight excluding hydrogens is 178 g/mol. The number of aromatic amines is 1. The van der Waals surface area contributed by atoms with Crippen LogP contribution in [0.25, 0.3) is 0 Å². The van der Waals surface area contributed by atoms with Crippen molar-refractivity contribution in [2.24, 2.45) is 11.1 Å². The van der Waals surface area contributed by atoms with Crippen molar-refractivity contribution < 1.29 is 0 Å². The first-order chi connectivity index (χ1) is 6.42. The van der Waals surface area contributed by atoms with Gasteiger partial charge in [-0.15, -0.1) is 5.10 Å². The van der Waals surface area contributed by atoms with Crippen LogP contribution in [-0.2, 0) is 0 Å². The Morgan fingerprint density at radius 2 is 2.07 bits per heavy atom. The standard InChI is InChI=1S/C9H19N5/c1-9(2,3)4-6(5-10)7-12-8(11)14-13-7/h6H,4-5,10H2,1-3H3,(H3,11,12,13,14). The second kappa shape index (κ2) is 3.96. The van der Waals surface area contributed by atoms with Gasteiger partial charge in [0.2, 0.25) is 5.95 Å². The molecule has 1 rings (SSSR count). The van der Waals surface area contributed by atoms with Gasteiger partial charge >= 0.3 is 0 Å². The first-order valence-corrected chi connectivity index (χ1v) is 4.80. The van der Waals surface area contributed by atoms with Crippen molar-refractivity contribution in [3.05, 3.63) is 5.82 Å². The molecule has 0 aliphatic rings. The van der Waals surface area contributed by atoms with Gasteiger partial charge < -0.3 is 11.5 Å². The number of nitrogens with one attached hydrogen (secondary N) is 1. The van der Waals surface area contributed by atoms with Gasteiger partial charge in [0.15, 0.2) is 0 Å². The Balaban J connectivity index is 2.72. The number of H-pyrrole nitrogens is 1. The minimum atomic E-state index is 0.208. The zero-order valence-electron chi connectivity index (χ0n) is 9.04. The van der Waals surface area contributed by atoms with Crippen molar-refractivity contribution in [3.8, 4) is 0 Å². The summed E-state index contributed by atoms with van der Waals surface area (Å²) >= 11 is 0. The van der Waals surface area contributed by atoms with Gasteiger partial charge in [-0.25, -0.2) is 0 Å². The molecule has 0 aliphatic heterocycles. The van der Waals surface area contributed by atoms with Gasteiger partial charge in [0, 0.05) is 12.5 Å². The molecule has 5 N–H and O–H groups in total. The largest absolute Gasteiger partial charge is 0.367 e. The van der Waals surface area contributed by atoms with Crippen LogP contribution in [-0.4, -0.2) is 21.7 Å². The Labute approximate surface area is 84.3 Å². The summed E-state index contributed by atoms with van der Waals surface area (Å²) in [6, 6.07) is 0. The van der Waals surface area contributed by atoms with Crippen molar-refractivity contribution in [2.75, 3.05) is 12.3 Å². The average molecular weight is 197 g/mol. The highest BCUT2D eigenvalue weighted by Gasteiger charge is 2.21. The van der Waals surface area contributed by atoms with Gasteiger partial charge in [0.1, 0.15) is 5.82 Å². The summed E-state index contributed by atoms with van der Waals surface area (Å²) in [5.74, 6) is 1.28. The summed E-state index contributed by atoms with van der Waals surface area (Å²) < 4.78 is 0. The molecule has 0 spiro atoms. The highest BCUT2D eigenvalue weighted by Crippen LogP contribution is 2.28. The van der Waals surface area contributed by atoms with Crippen LogP contribution < -0.4 is 11.5 Å². The second-order valence-corrected chi connectivity index (χ2v) is 4.78. The average Bonchev–Trinajstić information content (AvgIpc) is 2.46. The first-order valence-electron chi connectivity index (χ1n) is 4.80. The normalized spacial score (nSPS) is 14.3. The van der Waals surface area contributed by atoms with E-state index >= 15 is 0 Å². The molecule has 0 saturated carbocycles. The predicted molar refractivity (Wildman–Crippen MR) is 56.7 cm³/mol. The summed E-state index contributed by atoms with van der Waals surface area (Å²) in [5, 5.41) is 6.61. The summed E-state index contributed by atoms with van der Waals surface area (Å²) in [6.07, 6.45) is 0.970. The van der Waals surface area contributed by atoms with E-state index in [1.165, 1.54) is 0 Å². The van der Waals surface area contributed by atoms with Crippen molar-refractivity contribution in [1.82, 2.24) is 15.2 Å². The smallest absolute Gasteiger partial charge is 0.239 e. The van der Waals surface area contributed by atoms with Gasteiger partial charge in [0.25, 0.3) is 0 Å². The van der Waals surface area contributed by atoms with Crippen molar-refractivity contribution in [2.45, 2.75) is 33.1 Å². The molecule has 0 aromatic carbocycles. The Morgan fingerprint density at radius 1 is 1.43 bits per heavy atom. The number of anilines is 1. The van der Waals surface area contributed by atoms with Gasteiger partial charge in [0.05, 0.1) is 0 Å². The molecular formula is C9H19N5. The molecule has 0 bridgehead atoms. The fourth-order valence-corrected chi connectivity index (χ4v) is 1.50. The molecule has 1 aromatic rings. The minimum Gasteiger partial charge on any atom is -0.367 e. The van der Waals surface area contributed by atoms with E-state index in [0.29, 0.717) is 6.54 Å². The summed E-state index contributed by atoms with van der Waals surface area (Å²) in [6.45, 7) is 7.09. The minimum absolute atomic E-state index is 0.208. The molecule has 0 saturated heterocycles. The lowest BCUT2D eigenvalue weighted by atomic mass is 9.84. The van der Waals surface area contributed by atoms with E-state index in [9.17, 15) is 0 Å². The van der Waals surface area contributed by atoms with Crippen LogP contribution in [0.1, 0.15) is 38.9 Å². The molecule has 1 unspecified atom stereocenters. The van der Waals surface area contributed by atoms with Crippen molar-refractivity contribution >= 4 is 5.95 Å². The van der Waals surface area contributed by atoms with E-state index in [0.717, 1.165) is 12.2 Å². The fraction of sp³-hybridized carbons (Fsp3) is 0.778. The Morgan fingerprint density at radius 3 is 2.43 bits per heavy atom. The summed E-state index contributed by atoms with van der Waals surface area (Å²) in [7, 11) is 0. The van der Waals surface area contributed by atoms with Crippen LogP contribution in [0.15, 0.2) is 0 Å². The van der Waals surface area contributed by atoms with E-state index < -0.39 is 0 Å². The number of nitrogens with two attached hydrogens (primary N) is 2. The second-order valence-electron chi connectivity index (χ2n) is 4.78. The van der Waals surface area contributed by atoms with E-state index in [4.69, 9.17) is 11.5 Å². The highest BCUT2D eigenvalue weighted by molar-refractivity contribution is 5.14. The van der Waals surface area contributed by atoms with Gasteiger partial charge in [-0.05, 0) is 11.8 Å². The zero-order valence-corrected chi connectivity index (χ0v) is 9.04. The van der Waals surface area contributed by atoms with Crippen LogP contribution in [0.5, 0.6) is 0 Å². The van der Waals surface area contributed by atoms with Crippen LogP contribution in [0.2, 0.25) is 0 Å². The maximum atomic E-state index is 5.69. The number of nitrogens with zero attached hydrogens (tertiary/aromatic N) is 2. The first kappa shape index (κ1) is 11.0. The molecule has 14 heavy (non-hydrogen) atoms. The lowest BCUT2D eigenvalue weighted by Crippen LogP contribution is -2.20. The lowest BCUT2D eigenvalue weighted by molar-refractivity contribution is 0.336. The summed E-state index contributed by atoms with van der Waals surface area (Å²) in [4.78, 5) is 4.10. The molecule has 0 radical (unpaired) electrons. The molecule has 1 atom stereocenters. The fourth-order valence-electron chi connectivity index (χ4n) is 1.50. The number of nitrogen functional groups attached to an aromatic ring is 1. The van der Waals surface area contributed by atoms with E-state index in [2.05, 4.69) is 36.0 Å². The third-order valence-corrected chi connectivity index (χ3v) is 2.05. The maximum Gasteiger partial charge on any atom is 0.239 e. The Kier molecular flexibility index (Phi) is 3.10. The monoisotopic (exact) mass is 197 g/mol. The van der Waals surface area contributed by atoms with Gasteiger partial charge in [-0.3, -0.25) is 5.10 Å². The van der Waals surface area contributed by atoms with E-state index in [1.807, 2.05) is 0 Å². The molecule has 5 nitrogen and oxygen atoms in total. The van der Waals surface area contributed by atoms with Gasteiger partial charge in [-0.1, -0.05) is 20.8 Å². The molecule has 1 heterocycles. The maximum absolute atomic E-state index is 5.69. The van der Waals surface area contributed by atoms with Crippen LogP contribution in [0.4, 0.5) is 5.95 Å². The van der Waals surface area contributed by atoms with Crippen LogP contribution >= 0.6 is 0 Å². The van der Waals surface area contributed by atoms with Gasteiger partial charge in [-0.2, -0.15) is 4.98 Å².